The summed E-state index contributed by atoms with van der Waals surface area (Å²) in [7, 11) is 0. The number of aromatic nitrogens is 1. The molecule has 0 atom stereocenters. The summed E-state index contributed by atoms with van der Waals surface area (Å²) in [6.45, 7) is 0.502. The Morgan fingerprint density at radius 3 is 2.74 bits per heavy atom. The number of thiazole rings is 1. The van der Waals surface area contributed by atoms with Crippen molar-refractivity contribution in [3.8, 4) is 11.3 Å². The summed E-state index contributed by atoms with van der Waals surface area (Å²) in [6.07, 6.45) is 0.229. The molecule has 3 nitrogen and oxygen atoms in total. The number of rotatable bonds is 5. The highest BCUT2D eigenvalue weighted by Crippen LogP contribution is 2.22. The van der Waals surface area contributed by atoms with E-state index in [-0.39, 0.29) is 18.1 Å². The van der Waals surface area contributed by atoms with Crippen LogP contribution in [0, 0.1) is 5.82 Å². The number of nitrogens with zero attached hydrogens (tertiary/aromatic N) is 1. The maximum atomic E-state index is 13.2. The fraction of sp³-hybridized carbons (Fsp3) is 0.111. The molecule has 1 amide bonds. The molecule has 2 aromatic carbocycles. The lowest BCUT2D eigenvalue weighted by Gasteiger charge is -2.03. The van der Waals surface area contributed by atoms with Crippen LogP contribution in [0.15, 0.2) is 60.0 Å². The standard InChI is InChI=1S/C18H15FN2OS/c19-15-8-4-7-14(9-15)16-12-23-18(21-16)10-17(22)20-11-13-5-2-1-3-6-13/h1-9,12H,10-11H2,(H,20,22). The van der Waals surface area contributed by atoms with Gasteiger partial charge in [0.2, 0.25) is 5.91 Å². The van der Waals surface area contributed by atoms with Gasteiger partial charge in [-0.05, 0) is 17.7 Å². The number of hydrogen-bond donors (Lipinski definition) is 1. The second kappa shape index (κ2) is 7.15. The average Bonchev–Trinajstić information content (AvgIpc) is 3.02. The molecule has 0 saturated heterocycles. The number of amides is 1. The van der Waals surface area contributed by atoms with E-state index in [1.807, 2.05) is 35.7 Å². The Labute approximate surface area is 137 Å². The highest BCUT2D eigenvalue weighted by Gasteiger charge is 2.09. The molecule has 5 heteroatoms. The van der Waals surface area contributed by atoms with Gasteiger partial charge in [-0.3, -0.25) is 4.79 Å². The third kappa shape index (κ3) is 4.23. The van der Waals surface area contributed by atoms with Crippen LogP contribution < -0.4 is 5.32 Å². The highest BCUT2D eigenvalue weighted by atomic mass is 32.1. The van der Waals surface area contributed by atoms with E-state index in [4.69, 9.17) is 0 Å². The van der Waals surface area contributed by atoms with Crippen molar-refractivity contribution in [2.24, 2.45) is 0 Å². The van der Waals surface area contributed by atoms with Gasteiger partial charge in [0.15, 0.2) is 0 Å². The number of hydrogen-bond acceptors (Lipinski definition) is 3. The largest absolute Gasteiger partial charge is 0.352 e. The fourth-order valence-electron chi connectivity index (χ4n) is 2.17. The van der Waals surface area contributed by atoms with Gasteiger partial charge in [-0.2, -0.15) is 0 Å². The molecule has 23 heavy (non-hydrogen) atoms. The van der Waals surface area contributed by atoms with Crippen LogP contribution in [-0.4, -0.2) is 10.9 Å². The zero-order chi connectivity index (χ0) is 16.1. The summed E-state index contributed by atoms with van der Waals surface area (Å²) < 4.78 is 13.2. The van der Waals surface area contributed by atoms with Gasteiger partial charge >= 0.3 is 0 Å². The lowest BCUT2D eigenvalue weighted by atomic mass is 10.2. The first-order chi connectivity index (χ1) is 11.2. The smallest absolute Gasteiger partial charge is 0.227 e. The molecular formula is C18H15FN2OS. The van der Waals surface area contributed by atoms with Crippen LogP contribution in [-0.2, 0) is 17.8 Å². The minimum atomic E-state index is -0.294. The zero-order valence-electron chi connectivity index (χ0n) is 12.3. The SMILES string of the molecule is O=C(Cc1nc(-c2cccc(F)c2)cs1)NCc1ccccc1. The van der Waals surface area contributed by atoms with Crippen molar-refractivity contribution >= 4 is 17.2 Å². The molecule has 0 radical (unpaired) electrons. The summed E-state index contributed by atoms with van der Waals surface area (Å²) in [4.78, 5) is 16.4. The Morgan fingerprint density at radius 1 is 1.13 bits per heavy atom. The van der Waals surface area contributed by atoms with Gasteiger partial charge in [0, 0.05) is 17.5 Å². The minimum absolute atomic E-state index is 0.0750. The molecule has 1 N–H and O–H groups in total. The first kappa shape index (κ1) is 15.4. The van der Waals surface area contributed by atoms with Gasteiger partial charge in [-0.25, -0.2) is 9.37 Å². The number of carbonyl (C=O) groups excluding carboxylic acids is 1. The molecule has 0 aliphatic rings. The molecule has 0 unspecified atom stereocenters. The van der Waals surface area contributed by atoms with Crippen LogP contribution in [0.3, 0.4) is 0 Å². The third-order valence-electron chi connectivity index (χ3n) is 3.32. The zero-order valence-corrected chi connectivity index (χ0v) is 13.1. The number of carbonyl (C=O) groups is 1. The molecule has 0 fully saturated rings. The molecule has 0 bridgehead atoms. The Hall–Kier alpha value is -2.53. The van der Waals surface area contributed by atoms with E-state index in [2.05, 4.69) is 10.3 Å². The molecule has 3 rings (SSSR count). The maximum Gasteiger partial charge on any atom is 0.227 e. The van der Waals surface area contributed by atoms with E-state index in [1.165, 1.54) is 23.5 Å². The first-order valence-electron chi connectivity index (χ1n) is 7.22. The van der Waals surface area contributed by atoms with E-state index in [9.17, 15) is 9.18 Å². The van der Waals surface area contributed by atoms with Crippen LogP contribution in [0.25, 0.3) is 11.3 Å². The Balaban J connectivity index is 1.59. The number of halogens is 1. The molecule has 0 aliphatic heterocycles. The fourth-order valence-corrected chi connectivity index (χ4v) is 2.97. The predicted molar refractivity (Wildman–Crippen MR) is 89.5 cm³/mol. The number of nitrogens with one attached hydrogen (secondary N) is 1. The topological polar surface area (TPSA) is 42.0 Å². The summed E-state index contributed by atoms with van der Waals surface area (Å²) in [5, 5.41) is 5.43. The monoisotopic (exact) mass is 326 g/mol. The van der Waals surface area contributed by atoms with Crippen molar-refractivity contribution in [2.45, 2.75) is 13.0 Å². The molecule has 1 aromatic heterocycles. The summed E-state index contributed by atoms with van der Waals surface area (Å²) in [6, 6.07) is 16.0. The third-order valence-corrected chi connectivity index (χ3v) is 4.17. The van der Waals surface area contributed by atoms with Crippen LogP contribution in [0.1, 0.15) is 10.6 Å². The molecule has 0 aliphatic carbocycles. The van der Waals surface area contributed by atoms with E-state index >= 15 is 0 Å². The highest BCUT2D eigenvalue weighted by molar-refractivity contribution is 7.10. The maximum absolute atomic E-state index is 13.2. The van der Waals surface area contributed by atoms with Gasteiger partial charge in [0.05, 0.1) is 12.1 Å². The first-order valence-corrected chi connectivity index (χ1v) is 8.09. The Kier molecular flexibility index (Phi) is 4.78. The number of benzene rings is 2. The van der Waals surface area contributed by atoms with Gasteiger partial charge in [-0.1, -0.05) is 42.5 Å². The normalized spacial score (nSPS) is 10.5. The van der Waals surface area contributed by atoms with E-state index in [0.29, 0.717) is 12.2 Å². The van der Waals surface area contributed by atoms with E-state index in [1.54, 1.807) is 12.1 Å². The second-order valence-corrected chi connectivity index (χ2v) is 6.02. The Morgan fingerprint density at radius 2 is 1.96 bits per heavy atom. The van der Waals surface area contributed by atoms with Crippen molar-refractivity contribution in [1.29, 1.82) is 0 Å². The van der Waals surface area contributed by atoms with Crippen molar-refractivity contribution in [1.82, 2.24) is 10.3 Å². The minimum Gasteiger partial charge on any atom is -0.352 e. The summed E-state index contributed by atoms with van der Waals surface area (Å²) in [5.41, 5.74) is 2.47. The van der Waals surface area contributed by atoms with Gasteiger partial charge in [0.25, 0.3) is 0 Å². The lowest BCUT2D eigenvalue weighted by molar-refractivity contribution is -0.120. The predicted octanol–water partition coefficient (Wildman–Crippen LogP) is 3.81. The van der Waals surface area contributed by atoms with Crippen LogP contribution in [0.2, 0.25) is 0 Å². The quantitative estimate of drug-likeness (QED) is 0.775. The average molecular weight is 326 g/mol. The molecule has 116 valence electrons. The van der Waals surface area contributed by atoms with Gasteiger partial charge < -0.3 is 5.32 Å². The van der Waals surface area contributed by atoms with Crippen molar-refractivity contribution in [2.75, 3.05) is 0 Å². The molecule has 1 heterocycles. The van der Waals surface area contributed by atoms with Crippen LogP contribution in [0.5, 0.6) is 0 Å². The van der Waals surface area contributed by atoms with Crippen molar-refractivity contribution < 1.29 is 9.18 Å². The Bertz CT molecular complexity index is 802. The summed E-state index contributed by atoms with van der Waals surface area (Å²) >= 11 is 1.41. The molecule has 0 spiro atoms. The van der Waals surface area contributed by atoms with Crippen LogP contribution >= 0.6 is 11.3 Å². The van der Waals surface area contributed by atoms with Gasteiger partial charge in [-0.15, -0.1) is 11.3 Å². The van der Waals surface area contributed by atoms with Crippen molar-refractivity contribution in [3.63, 3.8) is 0 Å². The lowest BCUT2D eigenvalue weighted by Crippen LogP contribution is -2.24. The molecular weight excluding hydrogens is 311 g/mol. The molecule has 3 aromatic rings. The second-order valence-electron chi connectivity index (χ2n) is 5.08. The molecule has 0 saturated carbocycles. The van der Waals surface area contributed by atoms with Crippen LogP contribution in [0.4, 0.5) is 4.39 Å². The van der Waals surface area contributed by atoms with E-state index in [0.717, 1.165) is 16.1 Å². The van der Waals surface area contributed by atoms with E-state index < -0.39 is 0 Å². The van der Waals surface area contributed by atoms with Gasteiger partial charge in [0.1, 0.15) is 10.8 Å². The summed E-state index contributed by atoms with van der Waals surface area (Å²) in [5.74, 6) is -0.369. The van der Waals surface area contributed by atoms with Crippen molar-refractivity contribution in [3.05, 3.63) is 76.4 Å².